The number of fused-ring (bicyclic) bond motifs is 1. The van der Waals surface area contributed by atoms with E-state index in [-0.39, 0.29) is 6.54 Å². The number of esters is 1. The van der Waals surface area contributed by atoms with Crippen LogP contribution in [0.1, 0.15) is 40.1 Å². The number of nitrogens with one attached hydrogen (secondary N) is 1. The van der Waals surface area contributed by atoms with Gasteiger partial charge >= 0.3 is 5.97 Å². The predicted molar refractivity (Wildman–Crippen MR) is 99.4 cm³/mol. The summed E-state index contributed by atoms with van der Waals surface area (Å²) in [4.78, 5) is 16.9. The van der Waals surface area contributed by atoms with E-state index in [4.69, 9.17) is 4.74 Å². The number of aromatic nitrogens is 1. The van der Waals surface area contributed by atoms with Crippen LogP contribution in [0.4, 0.5) is 8.78 Å². The van der Waals surface area contributed by atoms with E-state index in [0.29, 0.717) is 16.8 Å². The highest BCUT2D eigenvalue weighted by Gasteiger charge is 2.20. The molecule has 27 heavy (non-hydrogen) atoms. The molecule has 0 spiro atoms. The number of benzene rings is 2. The third-order valence-corrected chi connectivity index (χ3v) is 4.62. The minimum atomic E-state index is -0.622. The van der Waals surface area contributed by atoms with Crippen LogP contribution in [0.25, 0.3) is 10.9 Å². The molecule has 0 aliphatic carbocycles. The van der Waals surface area contributed by atoms with Crippen molar-refractivity contribution in [3.05, 3.63) is 76.5 Å². The molecule has 0 saturated heterocycles. The lowest BCUT2D eigenvalue weighted by Gasteiger charge is -2.18. The number of carbonyl (C=O) groups excluding carboxylic acids is 1. The molecule has 0 bridgehead atoms. The van der Waals surface area contributed by atoms with E-state index >= 15 is 0 Å². The van der Waals surface area contributed by atoms with E-state index < -0.39 is 23.6 Å². The summed E-state index contributed by atoms with van der Waals surface area (Å²) < 4.78 is 32.0. The average Bonchev–Trinajstić information content (AvgIpc) is 2.65. The van der Waals surface area contributed by atoms with Crippen LogP contribution in [0.3, 0.4) is 0 Å². The summed E-state index contributed by atoms with van der Waals surface area (Å²) >= 11 is 0. The zero-order chi connectivity index (χ0) is 19.6. The number of pyridine rings is 1. The highest BCUT2D eigenvalue weighted by molar-refractivity contribution is 5.98. The predicted octanol–water partition coefficient (Wildman–Crippen LogP) is 4.46. The number of hydrogen-bond donors (Lipinski definition) is 1. The van der Waals surface area contributed by atoms with Gasteiger partial charge in [-0.2, -0.15) is 0 Å². The molecule has 1 atom stereocenters. The van der Waals surface area contributed by atoms with E-state index in [1.807, 2.05) is 31.2 Å². The van der Waals surface area contributed by atoms with Crippen molar-refractivity contribution < 1.29 is 18.3 Å². The minimum absolute atomic E-state index is 0.230. The Labute approximate surface area is 156 Å². The third kappa shape index (κ3) is 3.80. The molecule has 3 aromatic rings. The molecule has 0 amide bonds. The Bertz CT molecular complexity index is 1000. The first-order valence-electron chi connectivity index (χ1n) is 8.57. The average molecular weight is 370 g/mol. The van der Waals surface area contributed by atoms with Crippen molar-refractivity contribution in [2.24, 2.45) is 0 Å². The molecule has 2 aromatic carbocycles. The molecule has 0 aliphatic heterocycles. The van der Waals surface area contributed by atoms with Crippen LogP contribution in [0, 0.1) is 18.6 Å². The number of rotatable bonds is 5. The quantitative estimate of drug-likeness (QED) is 0.674. The summed E-state index contributed by atoms with van der Waals surface area (Å²) in [6.45, 7) is 3.85. The molecule has 0 fully saturated rings. The number of methoxy groups -OCH3 is 1. The monoisotopic (exact) mass is 370 g/mol. The molecule has 0 unspecified atom stereocenters. The first-order valence-corrected chi connectivity index (χ1v) is 8.57. The topological polar surface area (TPSA) is 51.2 Å². The van der Waals surface area contributed by atoms with Crippen molar-refractivity contribution >= 4 is 16.9 Å². The zero-order valence-corrected chi connectivity index (χ0v) is 15.3. The van der Waals surface area contributed by atoms with Gasteiger partial charge in [0.25, 0.3) is 0 Å². The van der Waals surface area contributed by atoms with Gasteiger partial charge in [-0.1, -0.05) is 24.3 Å². The van der Waals surface area contributed by atoms with E-state index in [9.17, 15) is 13.6 Å². The standard InChI is InChI=1S/C21H20F2N2O2/c1-12-15-6-4-5-7-18(15)25-19(20(12)21(26)27-3)11-24-13(2)16-9-8-14(22)10-17(16)23/h4-10,13,24H,11H2,1-3H3/t13-/m0/s1. The summed E-state index contributed by atoms with van der Waals surface area (Å²) in [6.07, 6.45) is 0. The summed E-state index contributed by atoms with van der Waals surface area (Å²) in [6, 6.07) is 10.6. The number of aryl methyl sites for hydroxylation is 1. The smallest absolute Gasteiger partial charge is 0.340 e. The second kappa shape index (κ2) is 7.80. The highest BCUT2D eigenvalue weighted by Crippen LogP contribution is 2.25. The maximum absolute atomic E-state index is 14.0. The Kier molecular flexibility index (Phi) is 5.46. The van der Waals surface area contributed by atoms with E-state index in [1.165, 1.54) is 19.2 Å². The lowest BCUT2D eigenvalue weighted by atomic mass is 10.0. The van der Waals surface area contributed by atoms with Crippen molar-refractivity contribution in [3.63, 3.8) is 0 Å². The highest BCUT2D eigenvalue weighted by atomic mass is 19.1. The fraction of sp³-hybridized carbons (Fsp3) is 0.238. The Morgan fingerprint density at radius 3 is 2.67 bits per heavy atom. The Morgan fingerprint density at radius 1 is 1.22 bits per heavy atom. The van der Waals surface area contributed by atoms with E-state index in [1.54, 1.807) is 6.92 Å². The van der Waals surface area contributed by atoms with Crippen LogP contribution in [0.5, 0.6) is 0 Å². The lowest BCUT2D eigenvalue weighted by Crippen LogP contribution is -2.22. The Morgan fingerprint density at radius 2 is 1.96 bits per heavy atom. The van der Waals surface area contributed by atoms with Crippen molar-refractivity contribution in [1.29, 1.82) is 0 Å². The fourth-order valence-electron chi connectivity index (χ4n) is 3.15. The largest absolute Gasteiger partial charge is 0.465 e. The van der Waals surface area contributed by atoms with Gasteiger partial charge in [0.2, 0.25) is 0 Å². The van der Waals surface area contributed by atoms with Crippen LogP contribution < -0.4 is 5.32 Å². The van der Waals surface area contributed by atoms with Gasteiger partial charge in [-0.25, -0.2) is 13.6 Å². The number of nitrogens with zero attached hydrogens (tertiary/aromatic N) is 1. The summed E-state index contributed by atoms with van der Waals surface area (Å²) in [5.41, 5.74) is 2.81. The molecule has 4 nitrogen and oxygen atoms in total. The van der Waals surface area contributed by atoms with Gasteiger partial charge in [0.15, 0.2) is 0 Å². The van der Waals surface area contributed by atoms with Gasteiger partial charge in [-0.3, -0.25) is 4.98 Å². The van der Waals surface area contributed by atoms with Gasteiger partial charge in [0.05, 0.1) is 23.9 Å². The summed E-state index contributed by atoms with van der Waals surface area (Å²) in [5, 5.41) is 4.03. The van der Waals surface area contributed by atoms with Crippen molar-refractivity contribution in [2.75, 3.05) is 7.11 Å². The van der Waals surface area contributed by atoms with Crippen LogP contribution in [0.2, 0.25) is 0 Å². The summed E-state index contributed by atoms with van der Waals surface area (Å²) in [7, 11) is 1.32. The normalized spacial score (nSPS) is 12.2. The van der Waals surface area contributed by atoms with Crippen molar-refractivity contribution in [1.82, 2.24) is 10.3 Å². The second-order valence-corrected chi connectivity index (χ2v) is 6.34. The molecule has 1 heterocycles. The Balaban J connectivity index is 1.94. The van der Waals surface area contributed by atoms with Crippen molar-refractivity contribution in [3.8, 4) is 0 Å². The first kappa shape index (κ1) is 18.9. The van der Waals surface area contributed by atoms with Gasteiger partial charge in [0, 0.05) is 29.6 Å². The molecule has 1 aromatic heterocycles. The lowest BCUT2D eigenvalue weighted by molar-refractivity contribution is 0.0598. The molecule has 0 aliphatic rings. The number of carbonyl (C=O) groups is 1. The summed E-state index contributed by atoms with van der Waals surface area (Å²) in [5.74, 6) is -1.71. The molecule has 6 heteroatoms. The van der Waals surface area contributed by atoms with E-state index in [0.717, 1.165) is 22.5 Å². The Hall–Kier alpha value is -2.86. The number of hydrogen-bond acceptors (Lipinski definition) is 4. The van der Waals surface area contributed by atoms with Crippen LogP contribution in [0.15, 0.2) is 42.5 Å². The van der Waals surface area contributed by atoms with Gasteiger partial charge in [-0.15, -0.1) is 0 Å². The molecule has 1 N–H and O–H groups in total. The zero-order valence-electron chi connectivity index (χ0n) is 15.3. The maximum Gasteiger partial charge on any atom is 0.340 e. The number of halogens is 2. The van der Waals surface area contributed by atoms with Gasteiger partial charge < -0.3 is 10.1 Å². The second-order valence-electron chi connectivity index (χ2n) is 6.34. The molecule has 0 saturated carbocycles. The molecule has 3 rings (SSSR count). The van der Waals surface area contributed by atoms with Crippen molar-refractivity contribution in [2.45, 2.75) is 26.4 Å². The number of ether oxygens (including phenoxy) is 1. The number of para-hydroxylation sites is 1. The molecular weight excluding hydrogens is 350 g/mol. The van der Waals surface area contributed by atoms with Crippen LogP contribution >= 0.6 is 0 Å². The molecular formula is C21H20F2N2O2. The fourth-order valence-corrected chi connectivity index (χ4v) is 3.15. The minimum Gasteiger partial charge on any atom is -0.465 e. The van der Waals surface area contributed by atoms with Crippen LogP contribution in [-0.4, -0.2) is 18.1 Å². The molecule has 140 valence electrons. The molecule has 0 radical (unpaired) electrons. The maximum atomic E-state index is 14.0. The van der Waals surface area contributed by atoms with E-state index in [2.05, 4.69) is 10.3 Å². The third-order valence-electron chi connectivity index (χ3n) is 4.62. The first-order chi connectivity index (χ1) is 12.9. The SMILES string of the molecule is COC(=O)c1c(CN[C@@H](C)c2ccc(F)cc2F)nc2ccccc2c1C. The van der Waals surface area contributed by atoms with Crippen LogP contribution in [-0.2, 0) is 11.3 Å². The van der Waals surface area contributed by atoms with Gasteiger partial charge in [0.1, 0.15) is 11.6 Å². The van der Waals surface area contributed by atoms with Gasteiger partial charge in [-0.05, 0) is 31.5 Å².